The standard InChI is InChI=1S/C15H8Br2ClFN2/c1-7-4-9(19)2-3-10(7)15-20-13-11(14(18)21-15)5-8(16)6-12(13)17/h2-6H,1H3. The van der Waals surface area contributed by atoms with Crippen molar-refractivity contribution in [2.45, 2.75) is 6.92 Å². The van der Waals surface area contributed by atoms with E-state index in [9.17, 15) is 4.39 Å². The van der Waals surface area contributed by atoms with Crippen LogP contribution in [0, 0.1) is 12.7 Å². The zero-order chi connectivity index (χ0) is 15.1. The van der Waals surface area contributed by atoms with Gasteiger partial charge in [0, 0.05) is 19.9 Å². The summed E-state index contributed by atoms with van der Waals surface area (Å²) in [5.41, 5.74) is 2.24. The molecule has 2 nitrogen and oxygen atoms in total. The number of fused-ring (bicyclic) bond motifs is 1. The van der Waals surface area contributed by atoms with Crippen molar-refractivity contribution in [3.05, 3.63) is 55.8 Å². The lowest BCUT2D eigenvalue weighted by Crippen LogP contribution is -1.95. The van der Waals surface area contributed by atoms with Gasteiger partial charge in [0.2, 0.25) is 0 Å². The van der Waals surface area contributed by atoms with E-state index >= 15 is 0 Å². The summed E-state index contributed by atoms with van der Waals surface area (Å²) in [4.78, 5) is 8.89. The fourth-order valence-corrected chi connectivity index (χ4v) is 3.66. The van der Waals surface area contributed by atoms with Crippen molar-refractivity contribution in [2.75, 3.05) is 0 Å². The molecule has 0 aliphatic heterocycles. The van der Waals surface area contributed by atoms with Gasteiger partial charge in [0.15, 0.2) is 5.82 Å². The molecule has 106 valence electrons. The smallest absolute Gasteiger partial charge is 0.161 e. The molecule has 3 rings (SSSR count). The molecule has 0 saturated heterocycles. The predicted molar refractivity (Wildman–Crippen MR) is 90.1 cm³/mol. The van der Waals surface area contributed by atoms with Gasteiger partial charge in [-0.1, -0.05) is 27.5 Å². The van der Waals surface area contributed by atoms with Crippen LogP contribution in [0.15, 0.2) is 39.3 Å². The second kappa shape index (κ2) is 5.63. The summed E-state index contributed by atoms with van der Waals surface area (Å²) < 4.78 is 14.9. The molecule has 0 unspecified atom stereocenters. The average molecular weight is 431 g/mol. The maximum atomic E-state index is 13.2. The minimum Gasteiger partial charge on any atom is -0.227 e. The van der Waals surface area contributed by atoms with Crippen molar-refractivity contribution in [3.8, 4) is 11.4 Å². The minimum atomic E-state index is -0.284. The number of benzene rings is 2. The molecule has 6 heteroatoms. The van der Waals surface area contributed by atoms with Crippen molar-refractivity contribution >= 4 is 54.4 Å². The molecular weight excluding hydrogens is 422 g/mol. The Bertz CT molecular complexity index is 868. The molecule has 0 amide bonds. The van der Waals surface area contributed by atoms with E-state index < -0.39 is 0 Å². The zero-order valence-electron chi connectivity index (χ0n) is 10.8. The molecule has 2 aromatic carbocycles. The van der Waals surface area contributed by atoms with Gasteiger partial charge in [0.1, 0.15) is 11.0 Å². The van der Waals surface area contributed by atoms with Gasteiger partial charge >= 0.3 is 0 Å². The lowest BCUT2D eigenvalue weighted by molar-refractivity contribution is 0.627. The van der Waals surface area contributed by atoms with Crippen molar-refractivity contribution < 1.29 is 4.39 Å². The number of nitrogens with zero attached hydrogens (tertiary/aromatic N) is 2. The van der Waals surface area contributed by atoms with Crippen LogP contribution < -0.4 is 0 Å². The molecule has 0 fully saturated rings. The Labute approximate surface area is 142 Å². The third-order valence-corrected chi connectivity index (χ3v) is 4.45. The molecule has 0 bridgehead atoms. The van der Waals surface area contributed by atoms with Crippen molar-refractivity contribution in [1.82, 2.24) is 9.97 Å². The fourth-order valence-electron chi connectivity index (χ4n) is 2.12. The number of aryl methyl sites for hydroxylation is 1. The van der Waals surface area contributed by atoms with E-state index in [1.54, 1.807) is 6.07 Å². The molecule has 0 saturated carbocycles. The molecule has 0 aliphatic rings. The van der Waals surface area contributed by atoms with Crippen LogP contribution in [0.25, 0.3) is 22.3 Å². The van der Waals surface area contributed by atoms with Crippen LogP contribution in [-0.2, 0) is 0 Å². The van der Waals surface area contributed by atoms with Gasteiger partial charge in [-0.2, -0.15) is 0 Å². The highest BCUT2D eigenvalue weighted by molar-refractivity contribution is 9.11. The highest BCUT2D eigenvalue weighted by atomic mass is 79.9. The first-order chi connectivity index (χ1) is 9.95. The van der Waals surface area contributed by atoms with Gasteiger partial charge < -0.3 is 0 Å². The number of hydrogen-bond acceptors (Lipinski definition) is 2. The quantitative estimate of drug-likeness (QED) is 0.448. The van der Waals surface area contributed by atoms with Crippen molar-refractivity contribution in [2.24, 2.45) is 0 Å². The van der Waals surface area contributed by atoms with Crippen molar-refractivity contribution in [3.63, 3.8) is 0 Å². The topological polar surface area (TPSA) is 25.8 Å². The van der Waals surface area contributed by atoms with E-state index in [-0.39, 0.29) is 5.82 Å². The van der Waals surface area contributed by atoms with E-state index in [4.69, 9.17) is 11.6 Å². The zero-order valence-corrected chi connectivity index (χ0v) is 14.7. The second-order valence-corrected chi connectivity index (χ2v) is 6.71. The Hall–Kier alpha value is -1.04. The second-order valence-electron chi connectivity index (χ2n) is 4.58. The van der Waals surface area contributed by atoms with Gasteiger partial charge in [-0.25, -0.2) is 14.4 Å². The first-order valence-electron chi connectivity index (χ1n) is 6.04. The summed E-state index contributed by atoms with van der Waals surface area (Å²) >= 11 is 13.2. The third-order valence-electron chi connectivity index (χ3n) is 3.10. The van der Waals surface area contributed by atoms with Gasteiger partial charge in [0.05, 0.1) is 5.52 Å². The lowest BCUT2D eigenvalue weighted by atomic mass is 10.1. The largest absolute Gasteiger partial charge is 0.227 e. The molecule has 0 aliphatic carbocycles. The summed E-state index contributed by atoms with van der Waals surface area (Å²) in [5, 5.41) is 1.11. The predicted octanol–water partition coefficient (Wildman–Crippen LogP) is 5.92. The van der Waals surface area contributed by atoms with Crippen LogP contribution in [0.4, 0.5) is 4.39 Å². The first kappa shape index (κ1) is 14.9. The maximum absolute atomic E-state index is 13.2. The maximum Gasteiger partial charge on any atom is 0.161 e. The molecule has 21 heavy (non-hydrogen) atoms. The van der Waals surface area contributed by atoms with Gasteiger partial charge in [-0.15, -0.1) is 0 Å². The van der Waals surface area contributed by atoms with E-state index in [1.807, 2.05) is 19.1 Å². The van der Waals surface area contributed by atoms with Gasteiger partial charge in [-0.3, -0.25) is 0 Å². The summed E-state index contributed by atoms with van der Waals surface area (Å²) in [6, 6.07) is 8.26. The molecule has 1 heterocycles. The first-order valence-corrected chi connectivity index (χ1v) is 8.01. The highest BCUT2D eigenvalue weighted by Gasteiger charge is 2.13. The van der Waals surface area contributed by atoms with Gasteiger partial charge in [0.25, 0.3) is 0 Å². The lowest BCUT2D eigenvalue weighted by Gasteiger charge is -2.09. The number of rotatable bonds is 1. The Balaban J connectivity index is 2.30. The fraction of sp³-hybridized carbons (Fsp3) is 0.0667. The Morgan fingerprint density at radius 2 is 1.86 bits per heavy atom. The summed E-state index contributed by atoms with van der Waals surface area (Å²) in [6.07, 6.45) is 0. The van der Waals surface area contributed by atoms with Crippen LogP contribution in [0.5, 0.6) is 0 Å². The molecular formula is C15H8Br2ClFN2. The molecule has 3 aromatic rings. The molecule has 0 radical (unpaired) electrons. The molecule has 0 spiro atoms. The van der Waals surface area contributed by atoms with E-state index in [0.29, 0.717) is 11.0 Å². The number of hydrogen-bond donors (Lipinski definition) is 0. The van der Waals surface area contributed by atoms with Crippen molar-refractivity contribution in [1.29, 1.82) is 0 Å². The van der Waals surface area contributed by atoms with Gasteiger partial charge in [-0.05, 0) is 58.7 Å². The minimum absolute atomic E-state index is 0.284. The molecule has 1 aromatic heterocycles. The summed E-state index contributed by atoms with van der Waals surface area (Å²) in [6.45, 7) is 1.82. The Morgan fingerprint density at radius 3 is 2.57 bits per heavy atom. The van der Waals surface area contributed by atoms with Crippen LogP contribution >= 0.6 is 43.5 Å². The van der Waals surface area contributed by atoms with Crippen LogP contribution in [0.1, 0.15) is 5.56 Å². The Kier molecular flexibility index (Phi) is 3.99. The van der Waals surface area contributed by atoms with Crippen LogP contribution in [-0.4, -0.2) is 9.97 Å². The summed E-state index contributed by atoms with van der Waals surface area (Å²) in [7, 11) is 0. The average Bonchev–Trinajstić information content (AvgIpc) is 2.40. The molecule has 0 atom stereocenters. The number of halogens is 4. The third kappa shape index (κ3) is 2.82. The van der Waals surface area contributed by atoms with Crippen LogP contribution in [0.2, 0.25) is 5.15 Å². The summed E-state index contributed by atoms with van der Waals surface area (Å²) in [5.74, 6) is 0.196. The number of aromatic nitrogens is 2. The van der Waals surface area contributed by atoms with E-state index in [2.05, 4.69) is 41.8 Å². The van der Waals surface area contributed by atoms with Crippen LogP contribution in [0.3, 0.4) is 0 Å². The Morgan fingerprint density at radius 1 is 1.10 bits per heavy atom. The normalized spacial score (nSPS) is 11.1. The molecule has 0 N–H and O–H groups in total. The highest BCUT2D eigenvalue weighted by Crippen LogP contribution is 2.33. The monoisotopic (exact) mass is 428 g/mol. The van der Waals surface area contributed by atoms with E-state index in [0.717, 1.165) is 31.0 Å². The SMILES string of the molecule is Cc1cc(F)ccc1-c1nc(Cl)c2cc(Br)cc(Br)c2n1. The van der Waals surface area contributed by atoms with E-state index in [1.165, 1.54) is 12.1 Å².